The van der Waals surface area contributed by atoms with Crippen LogP contribution in [0.4, 0.5) is 32.0 Å². The third-order valence-corrected chi connectivity index (χ3v) is 10.9. The Morgan fingerprint density at radius 1 is 0.485 bits per heavy atom. The highest BCUT2D eigenvalue weighted by molar-refractivity contribution is 8.12. The lowest BCUT2D eigenvalue weighted by Crippen LogP contribution is -2.63. The molecule has 0 radical (unpaired) electrons. The third kappa shape index (κ3) is 12.9. The van der Waals surface area contributed by atoms with Gasteiger partial charge in [-0.05, 0) is 90.5 Å². The lowest BCUT2D eigenvalue weighted by atomic mass is 9.97. The standard InChI is InChI=1S/C50H37F6NO10S/c51-49(52,53)36-23-21-31(22-24-36)30-68-48(57-38-27-25-37(26-28-38)50(54,55)56)67-47-42(66-46(61)35-19-11-4-12-20-35)41(65-45(60)34-17-9-3-10-18-34)40(64-44(59)33-15-7-2-8-16-33)39(63-47)29-62-43(58)32-13-5-1-6-14-32/h1-28,39-42,47H,29-30H2. The van der Waals surface area contributed by atoms with E-state index >= 15 is 0 Å². The molecule has 1 aliphatic heterocycles. The molecule has 1 saturated heterocycles. The maximum Gasteiger partial charge on any atom is 0.416 e. The van der Waals surface area contributed by atoms with Crippen molar-refractivity contribution in [1.82, 2.24) is 0 Å². The van der Waals surface area contributed by atoms with Gasteiger partial charge in [-0.2, -0.15) is 26.3 Å². The van der Waals surface area contributed by atoms with Crippen LogP contribution >= 0.6 is 11.8 Å². The highest BCUT2D eigenvalue weighted by Crippen LogP contribution is 2.35. The molecule has 5 atom stereocenters. The second-order valence-electron chi connectivity index (χ2n) is 14.7. The zero-order valence-electron chi connectivity index (χ0n) is 35.2. The van der Waals surface area contributed by atoms with Gasteiger partial charge in [0.05, 0.1) is 39.1 Å². The second kappa shape index (κ2) is 21.9. The van der Waals surface area contributed by atoms with Crippen molar-refractivity contribution in [2.45, 2.75) is 48.8 Å². The predicted octanol–water partition coefficient (Wildman–Crippen LogP) is 10.9. The van der Waals surface area contributed by atoms with Gasteiger partial charge in [-0.1, -0.05) is 96.7 Å². The van der Waals surface area contributed by atoms with E-state index in [4.69, 9.17) is 28.4 Å². The molecule has 5 unspecified atom stereocenters. The van der Waals surface area contributed by atoms with Gasteiger partial charge in [-0.25, -0.2) is 24.2 Å². The van der Waals surface area contributed by atoms with Crippen molar-refractivity contribution in [3.8, 4) is 0 Å². The number of aliphatic imine (C=N–C) groups is 1. The maximum absolute atomic E-state index is 14.0. The fraction of sp³-hybridized carbons (Fsp3) is 0.180. The van der Waals surface area contributed by atoms with Gasteiger partial charge in [0.1, 0.15) is 12.7 Å². The van der Waals surface area contributed by atoms with Crippen LogP contribution in [0.1, 0.15) is 58.1 Å². The minimum absolute atomic E-state index is 0.00598. The number of hydrogen-bond donors (Lipinski definition) is 0. The number of hydrogen-bond acceptors (Lipinski definition) is 12. The summed E-state index contributed by atoms with van der Waals surface area (Å²) in [6.45, 7) is -0.705. The predicted molar refractivity (Wildman–Crippen MR) is 235 cm³/mol. The molecule has 6 aromatic carbocycles. The van der Waals surface area contributed by atoms with Crippen LogP contribution in [0.15, 0.2) is 175 Å². The number of ether oxygens (including phenoxy) is 6. The molecule has 0 amide bonds. The lowest BCUT2D eigenvalue weighted by Gasteiger charge is -2.44. The molecule has 6 aromatic rings. The molecule has 1 aliphatic rings. The first kappa shape index (κ1) is 48.5. The van der Waals surface area contributed by atoms with Crippen LogP contribution in [-0.2, 0) is 46.5 Å². The molecule has 68 heavy (non-hydrogen) atoms. The van der Waals surface area contributed by atoms with Crippen LogP contribution < -0.4 is 0 Å². The first-order chi connectivity index (χ1) is 32.6. The average molecular weight is 958 g/mol. The van der Waals surface area contributed by atoms with E-state index in [0.717, 1.165) is 48.2 Å². The second-order valence-corrected chi connectivity index (χ2v) is 15.7. The zero-order chi connectivity index (χ0) is 48.3. The van der Waals surface area contributed by atoms with E-state index in [1.54, 1.807) is 72.8 Å². The zero-order valence-corrected chi connectivity index (χ0v) is 36.0. The van der Waals surface area contributed by atoms with E-state index in [1.807, 2.05) is 0 Å². The van der Waals surface area contributed by atoms with E-state index < -0.39 is 84.7 Å². The molecule has 0 N–H and O–H groups in total. The highest BCUT2D eigenvalue weighted by Gasteiger charge is 2.54. The molecule has 350 valence electrons. The molecule has 1 heterocycles. The van der Waals surface area contributed by atoms with E-state index in [2.05, 4.69) is 4.99 Å². The average Bonchev–Trinajstić information content (AvgIpc) is 3.35. The summed E-state index contributed by atoms with van der Waals surface area (Å²) >= 11 is 0.766. The summed E-state index contributed by atoms with van der Waals surface area (Å²) in [5, 5.41) is -0.386. The Bertz CT molecular complexity index is 2670. The van der Waals surface area contributed by atoms with E-state index in [1.165, 1.54) is 60.7 Å². The van der Waals surface area contributed by atoms with Gasteiger partial charge >= 0.3 is 36.2 Å². The molecule has 7 rings (SSSR count). The number of nitrogens with zero attached hydrogens (tertiary/aromatic N) is 1. The SMILES string of the molecule is O=C(OCC1OC(OC(=Nc2ccc(C(F)(F)F)cc2)SCc2ccc(C(F)(F)F)cc2)C(OC(=O)c2ccccc2)C(OC(=O)c2ccccc2)C1OC(=O)c1ccccc1)c1ccccc1. The molecule has 0 bridgehead atoms. The Morgan fingerprint density at radius 2 is 0.882 bits per heavy atom. The van der Waals surface area contributed by atoms with Crippen molar-refractivity contribution in [3.05, 3.63) is 209 Å². The van der Waals surface area contributed by atoms with Crippen molar-refractivity contribution in [2.24, 2.45) is 4.99 Å². The summed E-state index contributed by atoms with van der Waals surface area (Å²) in [5.41, 5.74) is -1.48. The Labute approximate surface area is 388 Å². The van der Waals surface area contributed by atoms with Gasteiger partial charge in [0.15, 0.2) is 12.2 Å². The van der Waals surface area contributed by atoms with Crippen LogP contribution in [0.5, 0.6) is 0 Å². The van der Waals surface area contributed by atoms with Crippen molar-refractivity contribution < 1.29 is 73.9 Å². The molecular weight excluding hydrogens is 921 g/mol. The number of halogens is 6. The quantitative estimate of drug-likeness (QED) is 0.0360. The van der Waals surface area contributed by atoms with Crippen molar-refractivity contribution in [2.75, 3.05) is 6.61 Å². The van der Waals surface area contributed by atoms with Crippen molar-refractivity contribution in [3.63, 3.8) is 0 Å². The Kier molecular flexibility index (Phi) is 15.6. The van der Waals surface area contributed by atoms with Crippen LogP contribution in [0.2, 0.25) is 0 Å². The van der Waals surface area contributed by atoms with Crippen LogP contribution in [0.3, 0.4) is 0 Å². The first-order valence-electron chi connectivity index (χ1n) is 20.5. The summed E-state index contributed by atoms with van der Waals surface area (Å²) in [6.07, 6.45) is -18.3. The normalized spacial score (nSPS) is 18.4. The fourth-order valence-electron chi connectivity index (χ4n) is 6.58. The molecular formula is C50H37F6NO10S. The fourth-order valence-corrected chi connectivity index (χ4v) is 7.40. The van der Waals surface area contributed by atoms with E-state index in [0.29, 0.717) is 5.56 Å². The van der Waals surface area contributed by atoms with Crippen molar-refractivity contribution in [1.29, 1.82) is 0 Å². The number of thioether (sulfide) groups is 1. The summed E-state index contributed by atoms with van der Waals surface area (Å²) < 4.78 is 118. The summed E-state index contributed by atoms with van der Waals surface area (Å²) in [5.74, 6) is -3.93. The minimum atomic E-state index is -4.70. The number of carbonyl (C=O) groups excluding carboxylic acids is 4. The van der Waals surface area contributed by atoms with Crippen LogP contribution in [0, 0.1) is 0 Å². The van der Waals surface area contributed by atoms with E-state index in [-0.39, 0.29) is 38.9 Å². The van der Waals surface area contributed by atoms with Gasteiger partial charge in [0, 0.05) is 5.75 Å². The summed E-state index contributed by atoms with van der Waals surface area (Å²) in [6, 6.07) is 38.4. The molecule has 18 heteroatoms. The Balaban J connectivity index is 1.33. The summed E-state index contributed by atoms with van der Waals surface area (Å²) in [4.78, 5) is 59.7. The van der Waals surface area contributed by atoms with Gasteiger partial charge in [0.25, 0.3) is 5.23 Å². The molecule has 1 fully saturated rings. The highest BCUT2D eigenvalue weighted by atomic mass is 32.2. The monoisotopic (exact) mass is 957 g/mol. The lowest BCUT2D eigenvalue weighted by molar-refractivity contribution is -0.278. The van der Waals surface area contributed by atoms with Gasteiger partial charge in [0.2, 0.25) is 12.4 Å². The van der Waals surface area contributed by atoms with Crippen molar-refractivity contribution >= 4 is 46.6 Å². The number of benzene rings is 6. The Morgan fingerprint density at radius 3 is 1.32 bits per heavy atom. The van der Waals surface area contributed by atoms with Crippen LogP contribution in [-0.4, -0.2) is 66.4 Å². The maximum atomic E-state index is 14.0. The molecule has 0 saturated carbocycles. The molecule has 11 nitrogen and oxygen atoms in total. The number of esters is 4. The molecule has 0 aliphatic carbocycles. The van der Waals surface area contributed by atoms with E-state index in [9.17, 15) is 45.5 Å². The number of rotatable bonds is 13. The Hall–Kier alpha value is -7.44. The molecule has 0 spiro atoms. The summed E-state index contributed by atoms with van der Waals surface area (Å²) in [7, 11) is 0. The topological polar surface area (TPSA) is 136 Å². The number of carbonyl (C=O) groups is 4. The number of alkyl halides is 6. The van der Waals surface area contributed by atoms with Gasteiger partial charge < -0.3 is 28.4 Å². The first-order valence-corrected chi connectivity index (χ1v) is 21.5. The van der Waals surface area contributed by atoms with Crippen LogP contribution in [0.25, 0.3) is 0 Å². The largest absolute Gasteiger partial charge is 0.459 e. The molecule has 0 aromatic heterocycles. The smallest absolute Gasteiger partial charge is 0.416 e. The minimum Gasteiger partial charge on any atom is -0.459 e. The third-order valence-electron chi connectivity index (χ3n) is 10.0. The van der Waals surface area contributed by atoms with Gasteiger partial charge in [-0.15, -0.1) is 0 Å². The van der Waals surface area contributed by atoms with Gasteiger partial charge in [-0.3, -0.25) is 0 Å².